The van der Waals surface area contributed by atoms with Crippen LogP contribution in [0.4, 0.5) is 13.2 Å². The first-order valence-electron chi connectivity index (χ1n) is 9.16. The maximum atomic E-state index is 12.8. The van der Waals surface area contributed by atoms with Gasteiger partial charge >= 0.3 is 6.36 Å². The molecule has 30 heavy (non-hydrogen) atoms. The third-order valence-corrected chi connectivity index (χ3v) is 6.79. The number of hydrogen-bond donors (Lipinski definition) is 0. The summed E-state index contributed by atoms with van der Waals surface area (Å²) in [6, 6.07) is 7.24. The number of piperidine rings is 1. The summed E-state index contributed by atoms with van der Waals surface area (Å²) in [6.45, 7) is 2.17. The molecule has 0 amide bonds. The minimum absolute atomic E-state index is 0.112. The Labute approximate surface area is 171 Å². The fourth-order valence-electron chi connectivity index (χ4n) is 3.15. The summed E-state index contributed by atoms with van der Waals surface area (Å²) in [7, 11) is -2.19. The summed E-state index contributed by atoms with van der Waals surface area (Å²) in [5.41, 5.74) is 0.554. The van der Waals surface area contributed by atoms with E-state index in [1.54, 1.807) is 20.0 Å². The largest absolute Gasteiger partial charge is 0.573 e. The SMILES string of the molecule is Cc1cc(OC2CCN(S(=O)(=O)c3ccc(OC(F)(F)F)cc3)CC2)cc(=O)n1C. The lowest BCUT2D eigenvalue weighted by Crippen LogP contribution is -2.41. The Balaban J connectivity index is 1.63. The van der Waals surface area contributed by atoms with Crippen molar-refractivity contribution in [1.29, 1.82) is 0 Å². The highest BCUT2D eigenvalue weighted by Crippen LogP contribution is 2.27. The van der Waals surface area contributed by atoms with Gasteiger partial charge in [0, 0.05) is 31.9 Å². The summed E-state index contributed by atoms with van der Waals surface area (Å²) in [4.78, 5) is 11.8. The topological polar surface area (TPSA) is 77.8 Å². The monoisotopic (exact) mass is 446 g/mol. The predicted octanol–water partition coefficient (Wildman–Crippen LogP) is 2.82. The number of aryl methyl sites for hydroxylation is 1. The molecule has 2 heterocycles. The molecule has 0 saturated carbocycles. The van der Waals surface area contributed by atoms with Gasteiger partial charge in [0.2, 0.25) is 10.0 Å². The number of alkyl halides is 3. The normalized spacial score (nSPS) is 16.4. The predicted molar refractivity (Wildman–Crippen MR) is 102 cm³/mol. The number of benzene rings is 1. The molecular formula is C19H21F3N2O5S. The minimum atomic E-state index is -4.84. The number of ether oxygens (including phenoxy) is 2. The van der Waals surface area contributed by atoms with Crippen molar-refractivity contribution < 1.29 is 31.1 Å². The van der Waals surface area contributed by atoms with Gasteiger partial charge in [-0.2, -0.15) is 4.31 Å². The van der Waals surface area contributed by atoms with Crippen LogP contribution < -0.4 is 15.0 Å². The van der Waals surface area contributed by atoms with Crippen LogP contribution in [-0.4, -0.2) is 42.8 Å². The first kappa shape index (κ1) is 22.2. The number of pyridine rings is 1. The van der Waals surface area contributed by atoms with E-state index in [4.69, 9.17) is 4.74 Å². The van der Waals surface area contributed by atoms with Crippen molar-refractivity contribution in [3.8, 4) is 11.5 Å². The first-order valence-corrected chi connectivity index (χ1v) is 10.6. The van der Waals surface area contributed by atoms with Gasteiger partial charge < -0.3 is 14.0 Å². The van der Waals surface area contributed by atoms with E-state index in [1.807, 2.05) is 0 Å². The molecule has 7 nitrogen and oxygen atoms in total. The average molecular weight is 446 g/mol. The second kappa shape index (κ2) is 8.31. The molecule has 1 saturated heterocycles. The van der Waals surface area contributed by atoms with Crippen molar-refractivity contribution in [2.75, 3.05) is 13.1 Å². The molecule has 0 atom stereocenters. The molecule has 1 aliphatic rings. The van der Waals surface area contributed by atoms with E-state index >= 15 is 0 Å². The van der Waals surface area contributed by atoms with Gasteiger partial charge in [-0.15, -0.1) is 13.2 Å². The van der Waals surface area contributed by atoms with Crippen molar-refractivity contribution in [2.45, 2.75) is 37.1 Å². The molecule has 1 aromatic heterocycles. The molecule has 1 aromatic carbocycles. The van der Waals surface area contributed by atoms with E-state index in [-0.39, 0.29) is 29.6 Å². The molecule has 0 N–H and O–H groups in total. The Morgan fingerprint density at radius 2 is 1.63 bits per heavy atom. The van der Waals surface area contributed by atoms with Crippen LogP contribution in [0, 0.1) is 6.92 Å². The van der Waals surface area contributed by atoms with Crippen LogP contribution in [-0.2, 0) is 17.1 Å². The number of halogens is 3. The molecule has 0 radical (unpaired) electrons. The zero-order valence-electron chi connectivity index (χ0n) is 16.3. The second-order valence-electron chi connectivity index (χ2n) is 6.97. The number of hydrogen-bond acceptors (Lipinski definition) is 5. The Hall–Kier alpha value is -2.53. The van der Waals surface area contributed by atoms with Crippen LogP contribution in [0.25, 0.3) is 0 Å². The molecule has 1 fully saturated rings. The second-order valence-corrected chi connectivity index (χ2v) is 8.91. The molecule has 0 spiro atoms. The molecule has 3 rings (SSSR count). The third-order valence-electron chi connectivity index (χ3n) is 4.88. The Kier molecular flexibility index (Phi) is 6.14. The van der Waals surface area contributed by atoms with E-state index in [1.165, 1.54) is 14.9 Å². The van der Waals surface area contributed by atoms with E-state index in [0.29, 0.717) is 18.6 Å². The zero-order valence-corrected chi connectivity index (χ0v) is 17.2. The van der Waals surface area contributed by atoms with Gasteiger partial charge in [-0.25, -0.2) is 8.42 Å². The van der Waals surface area contributed by atoms with Crippen molar-refractivity contribution in [2.24, 2.45) is 7.05 Å². The van der Waals surface area contributed by atoms with Crippen LogP contribution in [0.15, 0.2) is 46.1 Å². The highest BCUT2D eigenvalue weighted by atomic mass is 32.2. The maximum absolute atomic E-state index is 12.8. The van der Waals surface area contributed by atoms with Crippen molar-refractivity contribution in [3.63, 3.8) is 0 Å². The van der Waals surface area contributed by atoms with E-state index in [0.717, 1.165) is 30.0 Å². The van der Waals surface area contributed by atoms with Gasteiger partial charge in [0.15, 0.2) is 0 Å². The lowest BCUT2D eigenvalue weighted by molar-refractivity contribution is -0.274. The van der Waals surface area contributed by atoms with Crippen LogP contribution in [0.3, 0.4) is 0 Å². The van der Waals surface area contributed by atoms with E-state index in [9.17, 15) is 26.4 Å². The number of aromatic nitrogens is 1. The van der Waals surface area contributed by atoms with Crippen molar-refractivity contribution in [3.05, 3.63) is 52.4 Å². The Morgan fingerprint density at radius 3 is 2.17 bits per heavy atom. The Morgan fingerprint density at radius 1 is 1.03 bits per heavy atom. The summed E-state index contributed by atoms with van der Waals surface area (Å²) in [5, 5.41) is 0. The van der Waals surface area contributed by atoms with E-state index < -0.39 is 22.1 Å². The summed E-state index contributed by atoms with van der Waals surface area (Å²) in [6.07, 6.45) is -4.25. The van der Waals surface area contributed by atoms with Gasteiger partial charge in [-0.05, 0) is 50.1 Å². The van der Waals surface area contributed by atoms with Gasteiger partial charge in [0.25, 0.3) is 5.56 Å². The molecule has 2 aromatic rings. The standard InChI is InChI=1S/C19H21F3N2O5S/c1-13-11-16(12-18(25)23(13)2)28-14-7-9-24(10-8-14)30(26,27)17-5-3-15(4-6-17)29-19(20,21)22/h3-6,11-12,14H,7-10H2,1-2H3. The molecule has 1 aliphatic heterocycles. The highest BCUT2D eigenvalue weighted by Gasteiger charge is 2.32. The fraction of sp³-hybridized carbons (Fsp3) is 0.421. The zero-order chi connectivity index (χ0) is 22.1. The number of nitrogens with zero attached hydrogens (tertiary/aromatic N) is 2. The summed E-state index contributed by atoms with van der Waals surface area (Å²) in [5.74, 6) is -0.0463. The molecule has 0 aliphatic carbocycles. The smallest absolute Gasteiger partial charge is 0.490 e. The van der Waals surface area contributed by atoms with Gasteiger partial charge in [-0.1, -0.05) is 0 Å². The van der Waals surface area contributed by atoms with E-state index in [2.05, 4.69) is 4.74 Å². The van der Waals surface area contributed by atoms with Gasteiger partial charge in [0.05, 0.1) is 4.90 Å². The molecular weight excluding hydrogens is 425 g/mol. The summed E-state index contributed by atoms with van der Waals surface area (Å²) >= 11 is 0. The van der Waals surface area contributed by atoms with Crippen LogP contribution >= 0.6 is 0 Å². The Bertz CT molecular complexity index is 1060. The third kappa shape index (κ3) is 5.14. The summed E-state index contributed by atoms with van der Waals surface area (Å²) < 4.78 is 74.6. The molecule has 0 unspecified atom stereocenters. The minimum Gasteiger partial charge on any atom is -0.490 e. The van der Waals surface area contributed by atoms with Crippen LogP contribution in [0.2, 0.25) is 0 Å². The van der Waals surface area contributed by atoms with Gasteiger partial charge in [-0.3, -0.25) is 4.79 Å². The first-order chi connectivity index (χ1) is 14.0. The quantitative estimate of drug-likeness (QED) is 0.706. The fourth-order valence-corrected chi connectivity index (χ4v) is 4.62. The van der Waals surface area contributed by atoms with Crippen molar-refractivity contribution >= 4 is 10.0 Å². The number of rotatable bonds is 5. The van der Waals surface area contributed by atoms with Gasteiger partial charge in [0.1, 0.15) is 17.6 Å². The highest BCUT2D eigenvalue weighted by molar-refractivity contribution is 7.89. The average Bonchev–Trinajstić information content (AvgIpc) is 2.65. The van der Waals surface area contributed by atoms with Crippen LogP contribution in [0.5, 0.6) is 11.5 Å². The molecule has 0 bridgehead atoms. The lowest BCUT2D eigenvalue weighted by atomic mass is 10.1. The molecule has 164 valence electrons. The number of sulfonamides is 1. The van der Waals surface area contributed by atoms with Crippen molar-refractivity contribution in [1.82, 2.24) is 8.87 Å². The maximum Gasteiger partial charge on any atom is 0.573 e. The van der Waals surface area contributed by atoms with Crippen LogP contribution in [0.1, 0.15) is 18.5 Å². The molecule has 11 heteroatoms. The lowest BCUT2D eigenvalue weighted by Gasteiger charge is -2.31.